The van der Waals surface area contributed by atoms with Crippen molar-refractivity contribution >= 4 is 0 Å². The molecule has 0 amide bonds. The van der Waals surface area contributed by atoms with Crippen LogP contribution in [0.15, 0.2) is 24.3 Å². The average Bonchev–Trinajstić information content (AvgIpc) is 2.19. The highest BCUT2D eigenvalue weighted by Gasteiger charge is 2.01. The molecule has 0 saturated heterocycles. The molecule has 0 radical (unpaired) electrons. The monoisotopic (exact) mass is 189 g/mol. The lowest BCUT2D eigenvalue weighted by molar-refractivity contribution is 0.199. The predicted molar refractivity (Wildman–Crippen MR) is 55.6 cm³/mol. The molecule has 1 atom stereocenters. The van der Waals surface area contributed by atoms with E-state index in [1.165, 1.54) is 5.56 Å². The molecule has 14 heavy (non-hydrogen) atoms. The fourth-order valence-electron chi connectivity index (χ4n) is 1.38. The van der Waals surface area contributed by atoms with E-state index in [2.05, 4.69) is 6.07 Å². The first-order valence-corrected chi connectivity index (χ1v) is 4.88. The normalized spacial score (nSPS) is 12.1. The van der Waals surface area contributed by atoms with Gasteiger partial charge in [-0.25, -0.2) is 0 Å². The number of benzene rings is 1. The van der Waals surface area contributed by atoms with E-state index in [-0.39, 0.29) is 0 Å². The van der Waals surface area contributed by atoms with E-state index < -0.39 is 6.10 Å². The van der Waals surface area contributed by atoms with Gasteiger partial charge in [-0.3, -0.25) is 0 Å². The van der Waals surface area contributed by atoms with Crippen LogP contribution in [0.3, 0.4) is 0 Å². The number of nitrogens with zero attached hydrogens (tertiary/aromatic N) is 1. The molecule has 0 aliphatic carbocycles. The van der Waals surface area contributed by atoms with Gasteiger partial charge in [0.1, 0.15) is 0 Å². The molecule has 0 heterocycles. The van der Waals surface area contributed by atoms with Crippen molar-refractivity contribution in [2.45, 2.75) is 32.3 Å². The summed E-state index contributed by atoms with van der Waals surface area (Å²) in [6.45, 7) is 1.76. The summed E-state index contributed by atoms with van der Waals surface area (Å²) < 4.78 is 0. The number of aliphatic hydroxyl groups excluding tert-OH is 1. The summed E-state index contributed by atoms with van der Waals surface area (Å²) in [6, 6.07) is 10.0. The Labute approximate surface area is 84.8 Å². The third-order valence-corrected chi connectivity index (χ3v) is 2.19. The van der Waals surface area contributed by atoms with Gasteiger partial charge >= 0.3 is 0 Å². The maximum atomic E-state index is 9.37. The third kappa shape index (κ3) is 3.20. The maximum Gasteiger partial charge on any atom is 0.0762 e. The van der Waals surface area contributed by atoms with E-state index in [4.69, 9.17) is 5.26 Å². The highest BCUT2D eigenvalue weighted by atomic mass is 16.3. The van der Waals surface area contributed by atoms with Crippen molar-refractivity contribution in [1.82, 2.24) is 0 Å². The molecule has 1 aromatic rings. The van der Waals surface area contributed by atoms with Gasteiger partial charge in [-0.1, -0.05) is 24.3 Å². The summed E-state index contributed by atoms with van der Waals surface area (Å²) in [4.78, 5) is 0. The van der Waals surface area contributed by atoms with Crippen molar-refractivity contribution in [3.63, 3.8) is 0 Å². The summed E-state index contributed by atoms with van der Waals surface area (Å²) in [6.07, 6.45) is 1.98. The van der Waals surface area contributed by atoms with Gasteiger partial charge in [0.25, 0.3) is 0 Å². The second-order valence-electron chi connectivity index (χ2n) is 3.43. The van der Waals surface area contributed by atoms with Crippen molar-refractivity contribution in [1.29, 1.82) is 5.26 Å². The minimum Gasteiger partial charge on any atom is -0.389 e. The van der Waals surface area contributed by atoms with E-state index in [0.717, 1.165) is 18.4 Å². The molecule has 1 rings (SSSR count). The highest BCUT2D eigenvalue weighted by molar-refractivity contribution is 5.24. The van der Waals surface area contributed by atoms with Crippen LogP contribution in [0, 0.1) is 11.3 Å². The van der Waals surface area contributed by atoms with Gasteiger partial charge in [-0.05, 0) is 30.9 Å². The number of hydrogen-bond acceptors (Lipinski definition) is 2. The maximum absolute atomic E-state index is 9.37. The van der Waals surface area contributed by atoms with Crippen molar-refractivity contribution in [3.8, 4) is 6.07 Å². The first-order chi connectivity index (χ1) is 6.74. The molecular weight excluding hydrogens is 174 g/mol. The third-order valence-electron chi connectivity index (χ3n) is 2.19. The van der Waals surface area contributed by atoms with Gasteiger partial charge in [0.05, 0.1) is 12.2 Å². The summed E-state index contributed by atoms with van der Waals surface area (Å²) >= 11 is 0. The van der Waals surface area contributed by atoms with Crippen LogP contribution in [0.2, 0.25) is 0 Å². The number of aliphatic hydroxyl groups is 1. The van der Waals surface area contributed by atoms with Gasteiger partial charge in [0, 0.05) is 6.42 Å². The second kappa shape index (κ2) is 5.41. The molecule has 1 unspecified atom stereocenters. The molecule has 1 aromatic carbocycles. The summed E-state index contributed by atoms with van der Waals surface area (Å²) in [7, 11) is 0. The zero-order chi connectivity index (χ0) is 10.4. The number of unbranched alkanes of at least 4 members (excludes halogenated alkanes) is 1. The number of rotatable bonds is 4. The van der Waals surface area contributed by atoms with Gasteiger partial charge in [0.2, 0.25) is 0 Å². The molecule has 2 heteroatoms. The van der Waals surface area contributed by atoms with E-state index in [1.54, 1.807) is 6.92 Å². The Hall–Kier alpha value is -1.33. The van der Waals surface area contributed by atoms with Crippen LogP contribution < -0.4 is 0 Å². The zero-order valence-electron chi connectivity index (χ0n) is 8.40. The van der Waals surface area contributed by atoms with Gasteiger partial charge in [0.15, 0.2) is 0 Å². The van der Waals surface area contributed by atoms with Crippen molar-refractivity contribution < 1.29 is 5.11 Å². The lowest BCUT2D eigenvalue weighted by atomic mass is 10.0. The molecule has 0 aliphatic heterocycles. The Morgan fingerprint density at radius 3 is 2.93 bits per heavy atom. The average molecular weight is 189 g/mol. The predicted octanol–water partition coefficient (Wildman–Crippen LogP) is 2.59. The SMILES string of the molecule is CC(O)c1cccc(CCCC#N)c1. The van der Waals surface area contributed by atoms with Crippen LogP contribution >= 0.6 is 0 Å². The van der Waals surface area contributed by atoms with Crippen LogP contribution in [0.1, 0.15) is 37.0 Å². The van der Waals surface area contributed by atoms with E-state index in [1.807, 2.05) is 24.3 Å². The lowest BCUT2D eigenvalue weighted by Crippen LogP contribution is -1.93. The standard InChI is InChI=1S/C12H15NO/c1-10(14)12-7-4-6-11(9-12)5-2-3-8-13/h4,6-7,9-10,14H,2-3,5H2,1H3. The van der Waals surface area contributed by atoms with E-state index in [9.17, 15) is 5.11 Å². The number of nitriles is 1. The number of aryl methyl sites for hydroxylation is 1. The van der Waals surface area contributed by atoms with Crippen LogP contribution in [0.25, 0.3) is 0 Å². The molecule has 74 valence electrons. The molecule has 0 fully saturated rings. The highest BCUT2D eigenvalue weighted by Crippen LogP contribution is 2.14. The van der Waals surface area contributed by atoms with Crippen LogP contribution in [0.4, 0.5) is 0 Å². The van der Waals surface area contributed by atoms with E-state index >= 15 is 0 Å². The molecule has 0 aliphatic rings. The second-order valence-corrected chi connectivity index (χ2v) is 3.43. The summed E-state index contributed by atoms with van der Waals surface area (Å²) in [5.41, 5.74) is 2.14. The number of hydrogen-bond donors (Lipinski definition) is 1. The molecular formula is C12H15NO. The molecule has 0 spiro atoms. The Morgan fingerprint density at radius 1 is 1.50 bits per heavy atom. The Balaban J connectivity index is 2.60. The lowest BCUT2D eigenvalue weighted by Gasteiger charge is -2.06. The van der Waals surface area contributed by atoms with Crippen LogP contribution in [0.5, 0.6) is 0 Å². The smallest absolute Gasteiger partial charge is 0.0762 e. The van der Waals surface area contributed by atoms with Crippen molar-refractivity contribution in [2.24, 2.45) is 0 Å². The molecule has 0 bridgehead atoms. The first-order valence-electron chi connectivity index (χ1n) is 4.88. The minimum absolute atomic E-state index is 0.411. The van der Waals surface area contributed by atoms with Crippen LogP contribution in [-0.2, 0) is 6.42 Å². The summed E-state index contributed by atoms with van der Waals surface area (Å²) in [5, 5.41) is 17.8. The van der Waals surface area contributed by atoms with Gasteiger partial charge < -0.3 is 5.11 Å². The largest absolute Gasteiger partial charge is 0.389 e. The minimum atomic E-state index is -0.411. The first kappa shape index (κ1) is 10.7. The van der Waals surface area contributed by atoms with Gasteiger partial charge in [-0.2, -0.15) is 5.26 Å². The topological polar surface area (TPSA) is 44.0 Å². The Bertz CT molecular complexity index is 325. The summed E-state index contributed by atoms with van der Waals surface area (Å²) in [5.74, 6) is 0. The quantitative estimate of drug-likeness (QED) is 0.740. The molecule has 0 aromatic heterocycles. The molecule has 0 saturated carbocycles. The van der Waals surface area contributed by atoms with Gasteiger partial charge in [-0.15, -0.1) is 0 Å². The molecule has 2 nitrogen and oxygen atoms in total. The van der Waals surface area contributed by atoms with Crippen LogP contribution in [-0.4, -0.2) is 5.11 Å². The fourth-order valence-corrected chi connectivity index (χ4v) is 1.38. The fraction of sp³-hybridized carbons (Fsp3) is 0.417. The molecule has 1 N–H and O–H groups in total. The van der Waals surface area contributed by atoms with Crippen molar-refractivity contribution in [3.05, 3.63) is 35.4 Å². The zero-order valence-corrected chi connectivity index (χ0v) is 8.40. The van der Waals surface area contributed by atoms with Crippen molar-refractivity contribution in [2.75, 3.05) is 0 Å². The Kier molecular flexibility index (Phi) is 4.15. The van der Waals surface area contributed by atoms with E-state index in [0.29, 0.717) is 6.42 Å². The Morgan fingerprint density at radius 2 is 2.29 bits per heavy atom.